The highest BCUT2D eigenvalue weighted by molar-refractivity contribution is 5.92. The Morgan fingerprint density at radius 3 is 2.16 bits per heavy atom. The summed E-state index contributed by atoms with van der Waals surface area (Å²) >= 11 is 0. The van der Waals surface area contributed by atoms with Gasteiger partial charge in [-0.25, -0.2) is 0 Å². The van der Waals surface area contributed by atoms with Crippen LogP contribution in [0.25, 0.3) is 0 Å². The number of ether oxygens (including phenoxy) is 4. The third-order valence-electron chi connectivity index (χ3n) is 3.77. The lowest BCUT2D eigenvalue weighted by Crippen LogP contribution is -2.13. The van der Waals surface area contributed by atoms with Crippen LogP contribution in [0.2, 0.25) is 0 Å². The van der Waals surface area contributed by atoms with Crippen LogP contribution in [0, 0.1) is 0 Å². The van der Waals surface area contributed by atoms with Gasteiger partial charge in [0.2, 0.25) is 5.91 Å². The zero-order chi connectivity index (χ0) is 18.2. The Kier molecular flexibility index (Phi) is 6.51. The first-order chi connectivity index (χ1) is 12.1. The normalized spacial score (nSPS) is 10.1. The molecule has 1 N–H and O–H groups in total. The molecule has 2 aromatic rings. The average molecular weight is 345 g/mol. The Hall–Kier alpha value is -2.89. The molecule has 0 unspecified atom stereocenters. The summed E-state index contributed by atoms with van der Waals surface area (Å²) in [5.41, 5.74) is 1.57. The van der Waals surface area contributed by atoms with Crippen molar-refractivity contribution in [3.63, 3.8) is 0 Å². The van der Waals surface area contributed by atoms with Crippen LogP contribution in [0.15, 0.2) is 36.4 Å². The van der Waals surface area contributed by atoms with Crippen LogP contribution in [0.4, 0.5) is 5.69 Å². The van der Waals surface area contributed by atoms with Gasteiger partial charge in [-0.3, -0.25) is 4.79 Å². The molecule has 0 atom stereocenters. The third kappa shape index (κ3) is 4.79. The smallest absolute Gasteiger partial charge is 0.224 e. The minimum atomic E-state index is -0.110. The molecule has 1 amide bonds. The van der Waals surface area contributed by atoms with Crippen molar-refractivity contribution in [2.45, 2.75) is 12.8 Å². The lowest BCUT2D eigenvalue weighted by atomic mass is 10.1. The molecule has 2 rings (SSSR count). The van der Waals surface area contributed by atoms with Crippen molar-refractivity contribution in [3.8, 4) is 23.0 Å². The quantitative estimate of drug-likeness (QED) is 0.795. The highest BCUT2D eigenvalue weighted by Gasteiger charge is 2.10. The highest BCUT2D eigenvalue weighted by atomic mass is 16.5. The Labute approximate surface area is 147 Å². The molecule has 0 radical (unpaired) electrons. The van der Waals surface area contributed by atoms with E-state index in [9.17, 15) is 4.79 Å². The Morgan fingerprint density at radius 1 is 0.840 bits per heavy atom. The number of rotatable bonds is 8. The molecule has 0 aliphatic rings. The second-order valence-corrected chi connectivity index (χ2v) is 5.30. The number of hydrogen-bond acceptors (Lipinski definition) is 5. The summed E-state index contributed by atoms with van der Waals surface area (Å²) in [7, 11) is 6.31. The molecule has 0 fully saturated rings. The minimum absolute atomic E-state index is 0.110. The first kappa shape index (κ1) is 18.4. The number of benzene rings is 2. The molecule has 0 bridgehead atoms. The van der Waals surface area contributed by atoms with Gasteiger partial charge in [-0.15, -0.1) is 0 Å². The first-order valence-corrected chi connectivity index (χ1v) is 7.84. The molecule has 0 aliphatic heterocycles. The summed E-state index contributed by atoms with van der Waals surface area (Å²) in [6.07, 6.45) is 0.911. The van der Waals surface area contributed by atoms with E-state index in [1.807, 2.05) is 18.2 Å². The van der Waals surface area contributed by atoms with Crippen molar-refractivity contribution in [2.75, 3.05) is 33.8 Å². The number of nitrogens with one attached hydrogen (secondary N) is 1. The van der Waals surface area contributed by atoms with Gasteiger partial charge >= 0.3 is 0 Å². The molecule has 0 spiro atoms. The van der Waals surface area contributed by atoms with Crippen molar-refractivity contribution in [3.05, 3.63) is 42.0 Å². The molecule has 6 heteroatoms. The lowest BCUT2D eigenvalue weighted by Gasteiger charge is -2.12. The summed E-state index contributed by atoms with van der Waals surface area (Å²) in [6, 6.07) is 10.9. The predicted octanol–water partition coefficient (Wildman–Crippen LogP) is 3.29. The summed E-state index contributed by atoms with van der Waals surface area (Å²) in [5, 5.41) is 2.86. The average Bonchev–Trinajstić information content (AvgIpc) is 2.65. The van der Waals surface area contributed by atoms with Crippen LogP contribution < -0.4 is 24.3 Å². The van der Waals surface area contributed by atoms with Crippen molar-refractivity contribution in [2.24, 2.45) is 0 Å². The van der Waals surface area contributed by atoms with Crippen LogP contribution in [0.3, 0.4) is 0 Å². The highest BCUT2D eigenvalue weighted by Crippen LogP contribution is 2.30. The number of amides is 1. The number of carbonyl (C=O) groups is 1. The molecule has 0 saturated heterocycles. The maximum absolute atomic E-state index is 12.3. The molecule has 0 aliphatic carbocycles. The topological polar surface area (TPSA) is 66.0 Å². The van der Waals surface area contributed by atoms with Crippen LogP contribution in [-0.4, -0.2) is 34.3 Å². The molecule has 2 aromatic carbocycles. The molecule has 0 heterocycles. The lowest BCUT2D eigenvalue weighted by molar-refractivity contribution is -0.116. The van der Waals surface area contributed by atoms with Crippen LogP contribution >= 0.6 is 0 Å². The van der Waals surface area contributed by atoms with Crippen molar-refractivity contribution in [1.29, 1.82) is 0 Å². The van der Waals surface area contributed by atoms with E-state index in [1.165, 1.54) is 0 Å². The monoisotopic (exact) mass is 345 g/mol. The largest absolute Gasteiger partial charge is 0.497 e. The zero-order valence-corrected chi connectivity index (χ0v) is 14.9. The van der Waals surface area contributed by atoms with E-state index in [4.69, 9.17) is 18.9 Å². The fraction of sp³-hybridized carbons (Fsp3) is 0.316. The Balaban J connectivity index is 2.01. The maximum Gasteiger partial charge on any atom is 0.224 e. The summed E-state index contributed by atoms with van der Waals surface area (Å²) in [6.45, 7) is 0. The number of carbonyl (C=O) groups excluding carboxylic acids is 1. The molecule has 6 nitrogen and oxygen atoms in total. The Morgan fingerprint density at radius 2 is 1.52 bits per heavy atom. The van der Waals surface area contributed by atoms with Gasteiger partial charge in [0.15, 0.2) is 11.5 Å². The van der Waals surface area contributed by atoms with Gasteiger partial charge in [0, 0.05) is 12.5 Å². The second kappa shape index (κ2) is 8.82. The van der Waals surface area contributed by atoms with E-state index in [0.29, 0.717) is 41.5 Å². The minimum Gasteiger partial charge on any atom is -0.497 e. The number of aryl methyl sites for hydroxylation is 1. The molecular formula is C19H23NO5. The molecular weight excluding hydrogens is 322 g/mol. The summed E-state index contributed by atoms with van der Waals surface area (Å²) in [5.74, 6) is 2.43. The van der Waals surface area contributed by atoms with Crippen molar-refractivity contribution >= 4 is 11.6 Å². The number of anilines is 1. The third-order valence-corrected chi connectivity index (χ3v) is 3.77. The fourth-order valence-corrected chi connectivity index (χ4v) is 2.42. The predicted molar refractivity (Wildman–Crippen MR) is 96.0 cm³/mol. The van der Waals surface area contributed by atoms with E-state index in [2.05, 4.69) is 5.32 Å². The van der Waals surface area contributed by atoms with Gasteiger partial charge < -0.3 is 24.3 Å². The van der Waals surface area contributed by atoms with Gasteiger partial charge in [-0.1, -0.05) is 6.07 Å². The van der Waals surface area contributed by atoms with Gasteiger partial charge in [-0.05, 0) is 36.2 Å². The van der Waals surface area contributed by atoms with Crippen LogP contribution in [0.5, 0.6) is 23.0 Å². The van der Waals surface area contributed by atoms with E-state index >= 15 is 0 Å². The van der Waals surface area contributed by atoms with Gasteiger partial charge in [0.1, 0.15) is 11.5 Å². The van der Waals surface area contributed by atoms with Crippen LogP contribution in [0.1, 0.15) is 12.0 Å². The van der Waals surface area contributed by atoms with Gasteiger partial charge in [0.05, 0.1) is 34.1 Å². The molecule has 0 aromatic heterocycles. The Bertz CT molecular complexity index is 730. The van der Waals surface area contributed by atoms with E-state index in [0.717, 1.165) is 5.56 Å². The van der Waals surface area contributed by atoms with E-state index in [1.54, 1.807) is 46.6 Å². The molecule has 134 valence electrons. The maximum atomic E-state index is 12.3. The zero-order valence-electron chi connectivity index (χ0n) is 14.9. The first-order valence-electron chi connectivity index (χ1n) is 7.84. The van der Waals surface area contributed by atoms with Crippen molar-refractivity contribution < 1.29 is 23.7 Å². The number of methoxy groups -OCH3 is 4. The SMILES string of the molecule is COc1ccc(OC)c(NC(=O)CCc2ccc(OC)c(OC)c2)c1. The fourth-order valence-electron chi connectivity index (χ4n) is 2.42. The van der Waals surface area contributed by atoms with Gasteiger partial charge in [0.25, 0.3) is 0 Å². The summed E-state index contributed by atoms with van der Waals surface area (Å²) in [4.78, 5) is 12.3. The standard InChI is InChI=1S/C19H23NO5/c1-22-14-7-9-16(23-2)15(12-14)20-19(21)10-6-13-5-8-17(24-3)18(11-13)25-4/h5,7-9,11-12H,6,10H2,1-4H3,(H,20,21). The molecule has 25 heavy (non-hydrogen) atoms. The van der Waals surface area contributed by atoms with E-state index < -0.39 is 0 Å². The van der Waals surface area contributed by atoms with E-state index in [-0.39, 0.29) is 5.91 Å². The number of hydrogen-bond donors (Lipinski definition) is 1. The van der Waals surface area contributed by atoms with Crippen LogP contribution in [-0.2, 0) is 11.2 Å². The second-order valence-electron chi connectivity index (χ2n) is 5.30. The summed E-state index contributed by atoms with van der Waals surface area (Å²) < 4.78 is 20.9. The van der Waals surface area contributed by atoms with Crippen molar-refractivity contribution in [1.82, 2.24) is 0 Å². The molecule has 0 saturated carbocycles. The van der Waals surface area contributed by atoms with Gasteiger partial charge in [-0.2, -0.15) is 0 Å².